The van der Waals surface area contributed by atoms with Crippen molar-refractivity contribution in [1.29, 1.82) is 5.26 Å². The molecule has 19 heavy (non-hydrogen) atoms. The number of aryl methyl sites for hydroxylation is 1. The molecule has 0 fully saturated rings. The van der Waals surface area contributed by atoms with Crippen molar-refractivity contribution in [1.82, 2.24) is 0 Å². The number of rotatable bonds is 3. The van der Waals surface area contributed by atoms with E-state index >= 15 is 0 Å². The summed E-state index contributed by atoms with van der Waals surface area (Å²) in [6, 6.07) is 12.5. The van der Waals surface area contributed by atoms with Gasteiger partial charge >= 0.3 is 0 Å². The average Bonchev–Trinajstić information content (AvgIpc) is 2.40. The van der Waals surface area contributed by atoms with Gasteiger partial charge in [-0.2, -0.15) is 5.26 Å². The average molecular weight is 319 g/mol. The van der Waals surface area contributed by atoms with Crippen LogP contribution in [0.3, 0.4) is 0 Å². The molecule has 0 saturated heterocycles. The Morgan fingerprint density at radius 1 is 1.32 bits per heavy atom. The molecule has 0 spiro atoms. The van der Waals surface area contributed by atoms with Crippen molar-refractivity contribution in [3.8, 4) is 6.07 Å². The molecule has 0 aliphatic rings. The number of nitriles is 1. The first kappa shape index (κ1) is 13.6. The quantitative estimate of drug-likeness (QED) is 0.911. The lowest BCUT2D eigenvalue weighted by atomic mass is 10.1. The predicted octanol–water partition coefficient (Wildman–Crippen LogP) is 4.38. The summed E-state index contributed by atoms with van der Waals surface area (Å²) in [4.78, 5) is 0. The van der Waals surface area contributed by atoms with E-state index in [1.807, 2.05) is 31.2 Å². The van der Waals surface area contributed by atoms with E-state index < -0.39 is 5.82 Å². The summed E-state index contributed by atoms with van der Waals surface area (Å²) in [5.41, 5.74) is 2.78. The van der Waals surface area contributed by atoms with Gasteiger partial charge in [0.15, 0.2) is 0 Å². The second-order valence-electron chi connectivity index (χ2n) is 4.21. The third kappa shape index (κ3) is 3.12. The summed E-state index contributed by atoms with van der Waals surface area (Å²) in [6.07, 6.45) is 0. The number of hydrogen-bond donors (Lipinski definition) is 1. The minimum absolute atomic E-state index is 0.0497. The number of hydrogen-bond acceptors (Lipinski definition) is 2. The van der Waals surface area contributed by atoms with Crippen LogP contribution in [0.5, 0.6) is 0 Å². The maximum absolute atomic E-state index is 13.4. The first-order valence-corrected chi connectivity index (χ1v) is 6.58. The number of benzene rings is 2. The van der Waals surface area contributed by atoms with Crippen molar-refractivity contribution >= 4 is 21.6 Å². The van der Waals surface area contributed by atoms with Gasteiger partial charge in [0.2, 0.25) is 0 Å². The van der Waals surface area contributed by atoms with E-state index in [1.54, 1.807) is 12.1 Å². The Morgan fingerprint density at radius 3 is 2.79 bits per heavy atom. The smallest absolute Gasteiger partial charge is 0.143 e. The Bertz CT molecular complexity index is 647. The maximum Gasteiger partial charge on any atom is 0.143 e. The van der Waals surface area contributed by atoms with Gasteiger partial charge in [-0.05, 0) is 36.2 Å². The molecule has 96 valence electrons. The molecule has 0 atom stereocenters. The fourth-order valence-corrected chi connectivity index (χ4v) is 2.15. The van der Waals surface area contributed by atoms with Crippen LogP contribution in [0.15, 0.2) is 40.9 Å². The van der Waals surface area contributed by atoms with Crippen molar-refractivity contribution in [3.63, 3.8) is 0 Å². The molecule has 0 aliphatic heterocycles. The van der Waals surface area contributed by atoms with Crippen molar-refractivity contribution in [2.24, 2.45) is 0 Å². The van der Waals surface area contributed by atoms with Crippen LogP contribution in [-0.2, 0) is 6.54 Å². The topological polar surface area (TPSA) is 35.8 Å². The van der Waals surface area contributed by atoms with Gasteiger partial charge in [-0.1, -0.05) is 34.1 Å². The molecule has 4 heteroatoms. The highest BCUT2D eigenvalue weighted by Crippen LogP contribution is 2.21. The molecule has 0 aliphatic carbocycles. The van der Waals surface area contributed by atoms with E-state index in [2.05, 4.69) is 21.2 Å². The zero-order valence-corrected chi connectivity index (χ0v) is 12.0. The Labute approximate surface area is 120 Å². The molecule has 1 N–H and O–H groups in total. The standard InChI is InChI=1S/C15H12BrFN2/c1-10-5-6-11(7-13(10)16)9-19-15-4-2-3-14(17)12(15)8-18/h2-7,19H,9H2,1H3. The Balaban J connectivity index is 2.17. The third-order valence-electron chi connectivity index (χ3n) is 2.84. The van der Waals surface area contributed by atoms with Gasteiger partial charge in [-0.3, -0.25) is 0 Å². The van der Waals surface area contributed by atoms with Crippen molar-refractivity contribution in [2.45, 2.75) is 13.5 Å². The molecular weight excluding hydrogens is 307 g/mol. The van der Waals surface area contributed by atoms with E-state index in [0.29, 0.717) is 12.2 Å². The van der Waals surface area contributed by atoms with Crippen LogP contribution in [0.1, 0.15) is 16.7 Å². The first-order chi connectivity index (χ1) is 9.11. The van der Waals surface area contributed by atoms with E-state index in [-0.39, 0.29) is 5.56 Å². The molecule has 0 unspecified atom stereocenters. The summed E-state index contributed by atoms with van der Waals surface area (Å²) in [7, 11) is 0. The number of halogens is 2. The molecule has 0 bridgehead atoms. The normalized spacial score (nSPS) is 10.0. The highest BCUT2D eigenvalue weighted by atomic mass is 79.9. The molecule has 0 saturated carbocycles. The Morgan fingerprint density at radius 2 is 2.11 bits per heavy atom. The zero-order valence-electron chi connectivity index (χ0n) is 10.4. The number of nitrogens with zero attached hydrogens (tertiary/aromatic N) is 1. The largest absolute Gasteiger partial charge is 0.380 e. The van der Waals surface area contributed by atoms with E-state index in [1.165, 1.54) is 6.07 Å². The summed E-state index contributed by atoms with van der Waals surface area (Å²) >= 11 is 3.47. The van der Waals surface area contributed by atoms with Gasteiger partial charge in [0.1, 0.15) is 17.4 Å². The van der Waals surface area contributed by atoms with E-state index in [4.69, 9.17) is 5.26 Å². The first-order valence-electron chi connectivity index (χ1n) is 5.79. The SMILES string of the molecule is Cc1ccc(CNc2cccc(F)c2C#N)cc1Br. The third-order valence-corrected chi connectivity index (χ3v) is 3.70. The molecule has 2 aromatic rings. The van der Waals surface area contributed by atoms with Crippen LogP contribution in [0, 0.1) is 24.1 Å². The minimum atomic E-state index is -0.502. The highest BCUT2D eigenvalue weighted by Gasteiger charge is 2.07. The van der Waals surface area contributed by atoms with Gasteiger partial charge in [-0.15, -0.1) is 0 Å². The van der Waals surface area contributed by atoms with Gasteiger partial charge in [0, 0.05) is 11.0 Å². The fraction of sp³-hybridized carbons (Fsp3) is 0.133. The molecule has 0 heterocycles. The van der Waals surface area contributed by atoms with Gasteiger partial charge in [0.05, 0.1) is 5.69 Å². The number of nitrogens with one attached hydrogen (secondary N) is 1. The highest BCUT2D eigenvalue weighted by molar-refractivity contribution is 9.10. The van der Waals surface area contributed by atoms with Crippen LogP contribution in [0.2, 0.25) is 0 Å². The van der Waals surface area contributed by atoms with Crippen molar-refractivity contribution in [2.75, 3.05) is 5.32 Å². The van der Waals surface area contributed by atoms with Crippen LogP contribution in [0.4, 0.5) is 10.1 Å². The maximum atomic E-state index is 13.4. The molecular formula is C15H12BrFN2. The Hall–Kier alpha value is -1.86. The second-order valence-corrected chi connectivity index (χ2v) is 5.07. The van der Waals surface area contributed by atoms with Gasteiger partial charge in [0.25, 0.3) is 0 Å². The van der Waals surface area contributed by atoms with Crippen LogP contribution in [0.25, 0.3) is 0 Å². The predicted molar refractivity (Wildman–Crippen MR) is 77.3 cm³/mol. The number of anilines is 1. The lowest BCUT2D eigenvalue weighted by molar-refractivity contribution is 0.624. The summed E-state index contributed by atoms with van der Waals surface area (Å²) in [5, 5.41) is 12.0. The monoisotopic (exact) mass is 318 g/mol. The van der Waals surface area contributed by atoms with Crippen LogP contribution >= 0.6 is 15.9 Å². The van der Waals surface area contributed by atoms with Crippen molar-refractivity contribution < 1.29 is 4.39 Å². The van der Waals surface area contributed by atoms with E-state index in [9.17, 15) is 4.39 Å². The van der Waals surface area contributed by atoms with Gasteiger partial charge < -0.3 is 5.32 Å². The molecule has 0 radical (unpaired) electrons. The molecule has 0 amide bonds. The fourth-order valence-electron chi connectivity index (χ4n) is 1.73. The zero-order chi connectivity index (χ0) is 13.8. The summed E-state index contributed by atoms with van der Waals surface area (Å²) < 4.78 is 14.5. The van der Waals surface area contributed by atoms with Crippen LogP contribution < -0.4 is 5.32 Å². The minimum Gasteiger partial charge on any atom is -0.380 e. The molecule has 0 aromatic heterocycles. The Kier molecular flexibility index (Phi) is 4.18. The molecule has 2 nitrogen and oxygen atoms in total. The van der Waals surface area contributed by atoms with Crippen molar-refractivity contribution in [3.05, 3.63) is 63.4 Å². The molecule has 2 rings (SSSR count). The summed E-state index contributed by atoms with van der Waals surface area (Å²) in [6.45, 7) is 2.55. The lowest BCUT2D eigenvalue weighted by Gasteiger charge is -2.09. The van der Waals surface area contributed by atoms with E-state index in [0.717, 1.165) is 15.6 Å². The lowest BCUT2D eigenvalue weighted by Crippen LogP contribution is -2.02. The summed E-state index contributed by atoms with van der Waals surface area (Å²) in [5.74, 6) is -0.502. The molecule has 2 aromatic carbocycles. The second kappa shape index (κ2) is 5.85. The van der Waals surface area contributed by atoms with Gasteiger partial charge in [-0.25, -0.2) is 4.39 Å². The van der Waals surface area contributed by atoms with Crippen LogP contribution in [-0.4, -0.2) is 0 Å².